The van der Waals surface area contributed by atoms with Gasteiger partial charge in [-0.15, -0.1) is 0 Å². The molecule has 0 amide bonds. The van der Waals surface area contributed by atoms with Crippen LogP contribution in [-0.4, -0.2) is 59.0 Å². The highest BCUT2D eigenvalue weighted by Crippen LogP contribution is 2.02. The van der Waals surface area contributed by atoms with E-state index in [1.54, 1.807) is 0 Å². The minimum atomic E-state index is -0.117. The lowest BCUT2D eigenvalue weighted by Crippen LogP contribution is -2.31. The fraction of sp³-hybridized carbons (Fsp3) is 1.00. The third-order valence-electron chi connectivity index (χ3n) is 2.14. The van der Waals surface area contributed by atoms with E-state index >= 15 is 0 Å². The zero-order valence-electron chi connectivity index (χ0n) is 10.1. The molecule has 0 aromatic heterocycles. The molecule has 0 saturated carbocycles. The monoisotopic (exact) mass is 233 g/mol. The van der Waals surface area contributed by atoms with Gasteiger partial charge in [-0.05, 0) is 6.42 Å². The Morgan fingerprint density at radius 3 is 2.38 bits per heavy atom. The fourth-order valence-corrected chi connectivity index (χ4v) is 1.33. The summed E-state index contributed by atoms with van der Waals surface area (Å²) < 4.78 is 20.7. The molecule has 1 unspecified atom stereocenters. The van der Waals surface area contributed by atoms with Crippen molar-refractivity contribution in [2.24, 2.45) is 0 Å². The van der Waals surface area contributed by atoms with E-state index in [4.69, 9.17) is 18.9 Å². The third kappa shape index (κ3) is 7.14. The fourth-order valence-electron chi connectivity index (χ4n) is 1.33. The van der Waals surface area contributed by atoms with Crippen LogP contribution in [0.5, 0.6) is 0 Å². The first kappa shape index (κ1) is 13.9. The van der Waals surface area contributed by atoms with Crippen LogP contribution in [0.25, 0.3) is 0 Å². The SMILES string of the molecule is C1COCCN1.CCCOC1COCCO1. The standard InChI is InChI=1S/C7H14O3.C4H9NO/c1-2-3-9-7-6-8-4-5-10-7;1-3-6-4-2-5-1/h7H,2-6H2,1H3;5H,1-4H2. The predicted molar refractivity (Wildman–Crippen MR) is 60.5 cm³/mol. The van der Waals surface area contributed by atoms with Crippen molar-refractivity contribution in [1.29, 1.82) is 0 Å². The van der Waals surface area contributed by atoms with Crippen LogP contribution in [-0.2, 0) is 18.9 Å². The maximum Gasteiger partial charge on any atom is 0.180 e. The van der Waals surface area contributed by atoms with Gasteiger partial charge < -0.3 is 24.3 Å². The number of ether oxygens (including phenoxy) is 4. The largest absolute Gasteiger partial charge is 0.379 e. The Kier molecular flexibility index (Phi) is 8.65. The average Bonchev–Trinajstić information content (AvgIpc) is 2.40. The van der Waals surface area contributed by atoms with Crippen molar-refractivity contribution in [3.8, 4) is 0 Å². The van der Waals surface area contributed by atoms with E-state index in [2.05, 4.69) is 12.2 Å². The molecule has 2 aliphatic rings. The van der Waals surface area contributed by atoms with Crippen molar-refractivity contribution in [1.82, 2.24) is 5.32 Å². The van der Waals surface area contributed by atoms with Gasteiger partial charge in [-0.3, -0.25) is 0 Å². The first-order valence-corrected chi connectivity index (χ1v) is 6.03. The van der Waals surface area contributed by atoms with Crippen LogP contribution in [0.3, 0.4) is 0 Å². The number of morpholine rings is 1. The molecule has 96 valence electrons. The van der Waals surface area contributed by atoms with Gasteiger partial charge in [0.2, 0.25) is 0 Å². The molecule has 0 aromatic carbocycles. The predicted octanol–water partition coefficient (Wildman–Crippen LogP) is 0.392. The van der Waals surface area contributed by atoms with Crippen molar-refractivity contribution in [2.45, 2.75) is 19.6 Å². The number of nitrogens with one attached hydrogen (secondary N) is 1. The average molecular weight is 233 g/mol. The van der Waals surface area contributed by atoms with Gasteiger partial charge in [-0.25, -0.2) is 0 Å². The van der Waals surface area contributed by atoms with Crippen molar-refractivity contribution in [3.05, 3.63) is 0 Å². The Morgan fingerprint density at radius 2 is 1.94 bits per heavy atom. The van der Waals surface area contributed by atoms with Gasteiger partial charge in [0.15, 0.2) is 6.29 Å². The highest BCUT2D eigenvalue weighted by atomic mass is 16.7. The second kappa shape index (κ2) is 9.99. The summed E-state index contributed by atoms with van der Waals surface area (Å²) in [6.07, 6.45) is 0.911. The van der Waals surface area contributed by atoms with E-state index < -0.39 is 0 Å². The normalized spacial score (nSPS) is 25.7. The van der Waals surface area contributed by atoms with Crippen LogP contribution < -0.4 is 5.32 Å². The van der Waals surface area contributed by atoms with E-state index in [0.717, 1.165) is 39.3 Å². The van der Waals surface area contributed by atoms with Crippen LogP contribution in [0.15, 0.2) is 0 Å². The summed E-state index contributed by atoms with van der Waals surface area (Å²) in [5.41, 5.74) is 0. The molecule has 16 heavy (non-hydrogen) atoms. The summed E-state index contributed by atoms with van der Waals surface area (Å²) in [5, 5.41) is 3.16. The van der Waals surface area contributed by atoms with Crippen molar-refractivity contribution < 1.29 is 18.9 Å². The molecule has 0 radical (unpaired) electrons. The molecule has 5 heteroatoms. The molecule has 2 rings (SSSR count). The summed E-state index contributed by atoms with van der Waals surface area (Å²) in [6, 6.07) is 0. The summed E-state index contributed by atoms with van der Waals surface area (Å²) >= 11 is 0. The van der Waals surface area contributed by atoms with Gasteiger partial charge >= 0.3 is 0 Å². The maximum atomic E-state index is 5.28. The number of rotatable bonds is 3. The Hall–Kier alpha value is -0.200. The lowest BCUT2D eigenvalue weighted by atomic mass is 10.5. The molecule has 0 bridgehead atoms. The highest BCUT2D eigenvalue weighted by molar-refractivity contribution is 4.49. The lowest BCUT2D eigenvalue weighted by molar-refractivity contribution is -0.211. The molecular formula is C11H23NO4. The minimum absolute atomic E-state index is 0.117. The first-order chi connectivity index (χ1) is 7.93. The summed E-state index contributed by atoms with van der Waals surface area (Å²) in [5.74, 6) is 0. The molecule has 2 heterocycles. The second-order valence-electron chi connectivity index (χ2n) is 3.61. The molecule has 0 aliphatic carbocycles. The smallest absolute Gasteiger partial charge is 0.180 e. The molecule has 5 nitrogen and oxygen atoms in total. The zero-order valence-corrected chi connectivity index (χ0v) is 10.1. The Morgan fingerprint density at radius 1 is 1.12 bits per heavy atom. The van der Waals surface area contributed by atoms with Crippen LogP contribution >= 0.6 is 0 Å². The van der Waals surface area contributed by atoms with Crippen LogP contribution in [0.4, 0.5) is 0 Å². The second-order valence-corrected chi connectivity index (χ2v) is 3.61. The van der Waals surface area contributed by atoms with Gasteiger partial charge in [-0.1, -0.05) is 6.92 Å². The van der Waals surface area contributed by atoms with Gasteiger partial charge in [0.05, 0.1) is 33.0 Å². The molecule has 1 N–H and O–H groups in total. The van der Waals surface area contributed by atoms with Crippen molar-refractivity contribution in [3.63, 3.8) is 0 Å². The Labute approximate surface area is 97.4 Å². The van der Waals surface area contributed by atoms with Gasteiger partial charge in [0, 0.05) is 19.7 Å². The maximum absolute atomic E-state index is 5.28. The molecule has 0 aromatic rings. The summed E-state index contributed by atoms with van der Waals surface area (Å²) in [7, 11) is 0. The van der Waals surface area contributed by atoms with Crippen molar-refractivity contribution >= 4 is 0 Å². The first-order valence-electron chi connectivity index (χ1n) is 6.03. The van der Waals surface area contributed by atoms with Gasteiger partial charge in [-0.2, -0.15) is 0 Å². The van der Waals surface area contributed by atoms with E-state index in [1.807, 2.05) is 0 Å². The quantitative estimate of drug-likeness (QED) is 0.764. The summed E-state index contributed by atoms with van der Waals surface area (Å²) in [4.78, 5) is 0. The van der Waals surface area contributed by atoms with Crippen LogP contribution in [0, 0.1) is 0 Å². The van der Waals surface area contributed by atoms with Crippen LogP contribution in [0.1, 0.15) is 13.3 Å². The third-order valence-corrected chi connectivity index (χ3v) is 2.14. The minimum Gasteiger partial charge on any atom is -0.379 e. The van der Waals surface area contributed by atoms with Gasteiger partial charge in [0.1, 0.15) is 0 Å². The zero-order chi connectivity index (χ0) is 11.5. The van der Waals surface area contributed by atoms with E-state index in [0.29, 0.717) is 19.8 Å². The molecule has 2 aliphatic heterocycles. The Bertz CT molecular complexity index is 135. The van der Waals surface area contributed by atoms with Crippen LogP contribution in [0.2, 0.25) is 0 Å². The van der Waals surface area contributed by atoms with Crippen molar-refractivity contribution in [2.75, 3.05) is 52.7 Å². The Balaban J connectivity index is 0.000000181. The molecule has 1 atom stereocenters. The highest BCUT2D eigenvalue weighted by Gasteiger charge is 2.13. The number of hydrogen-bond acceptors (Lipinski definition) is 5. The van der Waals surface area contributed by atoms with Gasteiger partial charge in [0.25, 0.3) is 0 Å². The lowest BCUT2D eigenvalue weighted by Gasteiger charge is -2.22. The van der Waals surface area contributed by atoms with E-state index in [1.165, 1.54) is 0 Å². The number of hydrogen-bond donors (Lipinski definition) is 1. The topological polar surface area (TPSA) is 49.0 Å². The van der Waals surface area contributed by atoms with E-state index in [-0.39, 0.29) is 6.29 Å². The summed E-state index contributed by atoms with van der Waals surface area (Å²) in [6.45, 7) is 8.61. The molecular weight excluding hydrogens is 210 g/mol. The molecule has 0 spiro atoms. The molecule has 2 fully saturated rings. The molecule has 2 saturated heterocycles. The van der Waals surface area contributed by atoms with E-state index in [9.17, 15) is 0 Å².